The molecule has 3 aliphatic rings. The van der Waals surface area contributed by atoms with Crippen LogP contribution in [0, 0.1) is 5.21 Å². The Balaban J connectivity index is 1.32. The van der Waals surface area contributed by atoms with Gasteiger partial charge in [0.25, 0.3) is 0 Å². The molecule has 0 amide bonds. The Kier molecular flexibility index (Phi) is 3.78. The molecule has 2 aliphatic heterocycles. The standard InChI is InChI=1S/C18H19N7O3/c26-14-11-13(22-9-10-22)18(27)16-17(14)24(25(28)21-16)20-12-4-7-23(8-5-12)15-3-1-2-6-19-15/h1-3,6,11-12,20H,4-5,7-10H2. The van der Waals surface area contributed by atoms with Crippen LogP contribution in [-0.4, -0.2) is 63.6 Å². The van der Waals surface area contributed by atoms with Crippen molar-refractivity contribution in [3.05, 3.63) is 52.8 Å². The van der Waals surface area contributed by atoms with Crippen LogP contribution in [0.2, 0.25) is 0 Å². The van der Waals surface area contributed by atoms with Gasteiger partial charge in [-0.15, -0.1) is 0 Å². The van der Waals surface area contributed by atoms with E-state index in [1.54, 1.807) is 11.1 Å². The van der Waals surface area contributed by atoms with Crippen molar-refractivity contribution in [1.29, 1.82) is 0 Å². The fraction of sp³-hybridized carbons (Fsp3) is 0.389. The first-order chi connectivity index (χ1) is 13.6. The molecule has 10 nitrogen and oxygen atoms in total. The number of fused-ring (bicyclic) bond motifs is 1. The van der Waals surface area contributed by atoms with Crippen molar-refractivity contribution in [2.45, 2.75) is 18.9 Å². The second kappa shape index (κ2) is 6.32. The van der Waals surface area contributed by atoms with E-state index < -0.39 is 0 Å². The average molecular weight is 381 g/mol. The van der Waals surface area contributed by atoms with Crippen LogP contribution in [0.5, 0.6) is 0 Å². The van der Waals surface area contributed by atoms with Crippen molar-refractivity contribution >= 4 is 17.4 Å². The minimum absolute atomic E-state index is 0.0118. The molecular formula is C18H19N7O3. The van der Waals surface area contributed by atoms with E-state index in [9.17, 15) is 14.8 Å². The van der Waals surface area contributed by atoms with E-state index in [1.807, 2.05) is 18.2 Å². The van der Waals surface area contributed by atoms with Gasteiger partial charge in [-0.2, -0.15) is 5.43 Å². The third-order valence-corrected chi connectivity index (χ3v) is 5.30. The van der Waals surface area contributed by atoms with Gasteiger partial charge in [-0.1, -0.05) is 11.2 Å². The second-order valence-corrected chi connectivity index (χ2v) is 7.15. The number of ketones is 2. The fourth-order valence-corrected chi connectivity index (χ4v) is 3.71. The SMILES string of the molecule is O=C1C(N2CC2)=CC(=O)c2c1n[n+]([O-])n2NC1CCN(c2ccccn2)CC1. The van der Waals surface area contributed by atoms with E-state index in [4.69, 9.17) is 0 Å². The van der Waals surface area contributed by atoms with Gasteiger partial charge >= 0.3 is 0 Å². The minimum Gasteiger partial charge on any atom is -0.672 e. The predicted molar refractivity (Wildman–Crippen MR) is 98.3 cm³/mol. The van der Waals surface area contributed by atoms with E-state index in [2.05, 4.69) is 20.4 Å². The van der Waals surface area contributed by atoms with Crippen LogP contribution < -0.4 is 15.3 Å². The highest BCUT2D eigenvalue weighted by Crippen LogP contribution is 2.25. The van der Waals surface area contributed by atoms with E-state index in [1.165, 1.54) is 6.08 Å². The Morgan fingerprint density at radius 2 is 1.89 bits per heavy atom. The lowest BCUT2D eigenvalue weighted by Gasteiger charge is -2.31. The van der Waals surface area contributed by atoms with Crippen molar-refractivity contribution < 1.29 is 14.5 Å². The van der Waals surface area contributed by atoms with Gasteiger partial charge < -0.3 is 15.0 Å². The Morgan fingerprint density at radius 3 is 2.57 bits per heavy atom. The number of anilines is 1. The largest absolute Gasteiger partial charge is 0.672 e. The molecule has 2 fully saturated rings. The summed E-state index contributed by atoms with van der Waals surface area (Å²) in [6.07, 6.45) is 4.60. The molecule has 2 aromatic rings. The third-order valence-electron chi connectivity index (χ3n) is 5.30. The Bertz CT molecular complexity index is 973. The summed E-state index contributed by atoms with van der Waals surface area (Å²) >= 11 is 0. The van der Waals surface area contributed by atoms with E-state index in [0.717, 1.165) is 49.6 Å². The highest BCUT2D eigenvalue weighted by atomic mass is 16.5. The summed E-state index contributed by atoms with van der Waals surface area (Å²) in [5.41, 5.74) is 3.34. The summed E-state index contributed by atoms with van der Waals surface area (Å²) in [4.78, 5) is 34.8. The molecule has 1 aliphatic carbocycles. The number of allylic oxidation sites excluding steroid dienone is 2. The van der Waals surface area contributed by atoms with Gasteiger partial charge in [0.2, 0.25) is 17.3 Å². The molecule has 0 radical (unpaired) electrons. The monoisotopic (exact) mass is 381 g/mol. The van der Waals surface area contributed by atoms with Crippen molar-refractivity contribution in [3.8, 4) is 0 Å². The van der Waals surface area contributed by atoms with Gasteiger partial charge in [0.05, 0.1) is 5.70 Å². The molecular weight excluding hydrogens is 362 g/mol. The van der Waals surface area contributed by atoms with Gasteiger partial charge in [0.1, 0.15) is 11.9 Å². The normalized spacial score (nSPS) is 19.5. The first-order valence-electron chi connectivity index (χ1n) is 9.33. The minimum atomic E-state index is -0.378. The van der Waals surface area contributed by atoms with Gasteiger partial charge in [-0.3, -0.25) is 9.59 Å². The van der Waals surface area contributed by atoms with Crippen LogP contribution in [0.4, 0.5) is 5.82 Å². The number of Topliss-reactive ketones (excluding diaryl/α,β-unsaturated/α-hetero) is 1. The molecule has 0 saturated carbocycles. The molecule has 0 bridgehead atoms. The molecule has 0 atom stereocenters. The lowest BCUT2D eigenvalue weighted by molar-refractivity contribution is -0.745. The topological polar surface area (TPSA) is 110 Å². The number of carbonyl (C=O) groups excluding carboxylic acids is 2. The molecule has 10 heteroatoms. The van der Waals surface area contributed by atoms with Crippen LogP contribution in [-0.2, 0) is 0 Å². The van der Waals surface area contributed by atoms with Crippen LogP contribution in [0.3, 0.4) is 0 Å². The smallest absolute Gasteiger partial charge is 0.234 e. The molecule has 0 unspecified atom stereocenters. The van der Waals surface area contributed by atoms with E-state index >= 15 is 0 Å². The molecule has 5 rings (SSSR count). The molecule has 1 N–H and O–H groups in total. The summed E-state index contributed by atoms with van der Waals surface area (Å²) in [5.74, 6) is 0.174. The Hall–Kier alpha value is -3.43. The van der Waals surface area contributed by atoms with Gasteiger partial charge in [-0.05, 0) is 21.9 Å². The Labute approximate surface area is 160 Å². The van der Waals surface area contributed by atoms with E-state index in [0.29, 0.717) is 10.7 Å². The number of rotatable bonds is 4. The molecule has 144 valence electrons. The summed E-state index contributed by atoms with van der Waals surface area (Å²) < 4.78 is 0. The first kappa shape index (κ1) is 16.7. The van der Waals surface area contributed by atoms with Gasteiger partial charge in [-0.25, -0.2) is 4.98 Å². The third kappa shape index (κ3) is 2.77. The van der Waals surface area contributed by atoms with Gasteiger partial charge in [0, 0.05) is 51.3 Å². The second-order valence-electron chi connectivity index (χ2n) is 7.15. The van der Waals surface area contributed by atoms with Crippen molar-refractivity contribution in [1.82, 2.24) is 19.8 Å². The maximum Gasteiger partial charge on any atom is 0.234 e. The molecule has 2 saturated heterocycles. The molecule has 0 spiro atoms. The Morgan fingerprint density at radius 1 is 1.11 bits per heavy atom. The van der Waals surface area contributed by atoms with Crippen molar-refractivity contribution in [2.24, 2.45) is 0 Å². The highest BCUT2D eigenvalue weighted by molar-refractivity contribution is 6.22. The zero-order valence-corrected chi connectivity index (χ0v) is 15.1. The summed E-state index contributed by atoms with van der Waals surface area (Å²) in [7, 11) is 0. The summed E-state index contributed by atoms with van der Waals surface area (Å²) in [6.45, 7) is 3.03. The quantitative estimate of drug-likeness (QED) is 0.437. The maximum absolute atomic E-state index is 12.6. The van der Waals surface area contributed by atoms with Crippen molar-refractivity contribution in [3.63, 3.8) is 0 Å². The highest BCUT2D eigenvalue weighted by Gasteiger charge is 2.40. The van der Waals surface area contributed by atoms with Crippen LogP contribution >= 0.6 is 0 Å². The molecule has 28 heavy (non-hydrogen) atoms. The van der Waals surface area contributed by atoms with Crippen LogP contribution in [0.15, 0.2) is 36.2 Å². The van der Waals surface area contributed by atoms with Crippen LogP contribution in [0.1, 0.15) is 33.8 Å². The lowest BCUT2D eigenvalue weighted by Crippen LogP contribution is -2.51. The number of nitrogens with one attached hydrogen (secondary N) is 1. The zero-order chi connectivity index (χ0) is 19.3. The number of hydrogen-bond acceptors (Lipinski definition) is 8. The predicted octanol–water partition coefficient (Wildman–Crippen LogP) is -0.297. The zero-order valence-electron chi connectivity index (χ0n) is 15.1. The van der Waals surface area contributed by atoms with E-state index in [-0.39, 0.29) is 29.0 Å². The number of pyridine rings is 1. The molecule has 2 aromatic heterocycles. The van der Waals surface area contributed by atoms with Crippen molar-refractivity contribution in [2.75, 3.05) is 36.5 Å². The summed E-state index contributed by atoms with van der Waals surface area (Å²) in [6, 6.07) is 5.79. The number of hydrogen-bond donors (Lipinski definition) is 1. The molecule has 0 aromatic carbocycles. The number of carbonyl (C=O) groups is 2. The number of nitrogens with zero attached hydrogens (tertiary/aromatic N) is 6. The first-order valence-corrected chi connectivity index (χ1v) is 9.33. The number of aromatic nitrogens is 4. The maximum atomic E-state index is 12.6. The van der Waals surface area contributed by atoms with Gasteiger partial charge in [0.15, 0.2) is 5.69 Å². The number of piperidine rings is 1. The van der Waals surface area contributed by atoms with Crippen LogP contribution in [0.25, 0.3) is 0 Å². The molecule has 4 heterocycles. The lowest BCUT2D eigenvalue weighted by atomic mass is 10.0. The summed E-state index contributed by atoms with van der Waals surface area (Å²) in [5, 5.41) is 16.1. The fourth-order valence-electron chi connectivity index (χ4n) is 3.71. The average Bonchev–Trinajstić information content (AvgIpc) is 3.50.